The highest BCUT2D eigenvalue weighted by Gasteiger charge is 2.38. The summed E-state index contributed by atoms with van der Waals surface area (Å²) < 4.78 is 0. The molecule has 1 aliphatic heterocycles. The first-order valence-corrected chi connectivity index (χ1v) is 5.82. The van der Waals surface area contributed by atoms with Crippen LogP contribution in [0.25, 0.3) is 6.08 Å². The number of nitro benzene ring substituents is 1. The number of hydrogen-bond acceptors (Lipinski definition) is 4. The monoisotopic (exact) mass is 262 g/mol. The molecule has 1 saturated heterocycles. The Kier molecular flexibility index (Phi) is 3.35. The van der Waals surface area contributed by atoms with Crippen LogP contribution in [0.4, 0.5) is 5.69 Å². The molecule has 0 radical (unpaired) electrons. The SMILES string of the molecule is CC1(O)CN(C(=O)C=Cc2ccccc2[N+](=O)[O-])C1. The third-order valence-electron chi connectivity index (χ3n) is 2.91. The minimum absolute atomic E-state index is 0.0397. The summed E-state index contributed by atoms with van der Waals surface area (Å²) in [7, 11) is 0. The van der Waals surface area contributed by atoms with Crippen LogP contribution in [0.3, 0.4) is 0 Å². The van der Waals surface area contributed by atoms with Crippen molar-refractivity contribution >= 4 is 17.7 Å². The highest BCUT2D eigenvalue weighted by molar-refractivity contribution is 5.93. The number of nitro groups is 1. The Balaban J connectivity index is 2.07. The minimum Gasteiger partial charge on any atom is -0.386 e. The van der Waals surface area contributed by atoms with Crippen molar-refractivity contribution in [2.45, 2.75) is 12.5 Å². The molecule has 0 bridgehead atoms. The molecule has 2 rings (SSSR count). The Hall–Kier alpha value is -2.21. The number of rotatable bonds is 3. The Morgan fingerprint density at radius 1 is 1.47 bits per heavy atom. The van der Waals surface area contributed by atoms with Gasteiger partial charge in [0.05, 0.1) is 29.2 Å². The first kappa shape index (κ1) is 13.2. The van der Waals surface area contributed by atoms with E-state index in [1.165, 1.54) is 23.1 Å². The van der Waals surface area contributed by atoms with E-state index in [1.54, 1.807) is 25.1 Å². The van der Waals surface area contributed by atoms with Crippen LogP contribution in [0.2, 0.25) is 0 Å². The maximum atomic E-state index is 11.7. The van der Waals surface area contributed by atoms with Crippen LogP contribution < -0.4 is 0 Å². The topological polar surface area (TPSA) is 83.7 Å². The number of carbonyl (C=O) groups excluding carboxylic acids is 1. The van der Waals surface area contributed by atoms with Crippen LogP contribution in [0, 0.1) is 10.1 Å². The molecule has 100 valence electrons. The molecule has 0 spiro atoms. The lowest BCUT2D eigenvalue weighted by Gasteiger charge is -2.43. The molecule has 1 fully saturated rings. The summed E-state index contributed by atoms with van der Waals surface area (Å²) in [5.74, 6) is -0.260. The van der Waals surface area contributed by atoms with Crippen molar-refractivity contribution in [3.05, 3.63) is 46.0 Å². The third kappa shape index (κ3) is 2.97. The summed E-state index contributed by atoms with van der Waals surface area (Å²) in [4.78, 5) is 23.5. The van der Waals surface area contributed by atoms with Gasteiger partial charge in [0.25, 0.3) is 5.69 Å². The van der Waals surface area contributed by atoms with Crippen molar-refractivity contribution in [1.29, 1.82) is 0 Å². The van der Waals surface area contributed by atoms with Crippen LogP contribution >= 0.6 is 0 Å². The normalized spacial score (nSPS) is 17.3. The summed E-state index contributed by atoms with van der Waals surface area (Å²) in [6, 6.07) is 6.21. The molecular weight excluding hydrogens is 248 g/mol. The van der Waals surface area contributed by atoms with Gasteiger partial charge in [-0.3, -0.25) is 14.9 Å². The van der Waals surface area contributed by atoms with Gasteiger partial charge in [0, 0.05) is 12.1 Å². The van der Waals surface area contributed by atoms with Gasteiger partial charge in [-0.25, -0.2) is 0 Å². The van der Waals surface area contributed by atoms with Crippen LogP contribution in [-0.2, 0) is 4.79 Å². The van der Waals surface area contributed by atoms with Crippen molar-refractivity contribution in [1.82, 2.24) is 4.90 Å². The molecule has 6 heteroatoms. The first-order chi connectivity index (χ1) is 8.89. The van der Waals surface area contributed by atoms with E-state index in [1.807, 2.05) is 0 Å². The number of β-amino-alcohol motifs (C(OH)–C–C–N with tert-alkyl or cyclic N) is 1. The van der Waals surface area contributed by atoms with Gasteiger partial charge in [0.2, 0.25) is 5.91 Å². The van der Waals surface area contributed by atoms with E-state index >= 15 is 0 Å². The fourth-order valence-corrected chi connectivity index (χ4v) is 1.99. The highest BCUT2D eigenvalue weighted by atomic mass is 16.6. The van der Waals surface area contributed by atoms with Crippen LogP contribution in [0.1, 0.15) is 12.5 Å². The molecule has 6 nitrogen and oxygen atoms in total. The second-order valence-electron chi connectivity index (χ2n) is 4.84. The fraction of sp³-hybridized carbons (Fsp3) is 0.308. The second kappa shape index (κ2) is 4.81. The molecule has 1 aromatic carbocycles. The van der Waals surface area contributed by atoms with Crippen molar-refractivity contribution in [2.24, 2.45) is 0 Å². The van der Waals surface area contributed by atoms with Gasteiger partial charge in [-0.05, 0) is 19.1 Å². The number of carbonyl (C=O) groups is 1. The summed E-state index contributed by atoms with van der Waals surface area (Å²) in [5, 5.41) is 20.3. The van der Waals surface area contributed by atoms with Crippen LogP contribution in [0.5, 0.6) is 0 Å². The second-order valence-corrected chi connectivity index (χ2v) is 4.84. The maximum Gasteiger partial charge on any atom is 0.276 e. The smallest absolute Gasteiger partial charge is 0.276 e. The summed E-state index contributed by atoms with van der Waals surface area (Å²) in [5.41, 5.74) is -0.474. The molecule has 1 N–H and O–H groups in total. The van der Waals surface area contributed by atoms with E-state index in [0.717, 1.165) is 0 Å². The van der Waals surface area contributed by atoms with E-state index in [4.69, 9.17) is 0 Å². The molecule has 0 saturated carbocycles. The number of hydrogen-bond donors (Lipinski definition) is 1. The predicted molar refractivity (Wildman–Crippen MR) is 69.3 cm³/mol. The summed E-state index contributed by atoms with van der Waals surface area (Å²) in [6.07, 6.45) is 2.71. The van der Waals surface area contributed by atoms with Gasteiger partial charge in [0.15, 0.2) is 0 Å². The Morgan fingerprint density at radius 2 is 2.11 bits per heavy atom. The average Bonchev–Trinajstić information content (AvgIpc) is 2.33. The maximum absolute atomic E-state index is 11.7. The number of aliphatic hydroxyl groups is 1. The lowest BCUT2D eigenvalue weighted by molar-refractivity contribution is -0.385. The molecule has 0 atom stereocenters. The van der Waals surface area contributed by atoms with E-state index in [9.17, 15) is 20.0 Å². The summed E-state index contributed by atoms with van der Waals surface area (Å²) in [6.45, 7) is 2.22. The molecular formula is C13H14N2O4. The van der Waals surface area contributed by atoms with Gasteiger partial charge in [0.1, 0.15) is 0 Å². The number of benzene rings is 1. The first-order valence-electron chi connectivity index (χ1n) is 5.82. The third-order valence-corrected chi connectivity index (χ3v) is 2.91. The van der Waals surface area contributed by atoms with Gasteiger partial charge < -0.3 is 10.0 Å². The average molecular weight is 262 g/mol. The van der Waals surface area contributed by atoms with Crippen LogP contribution in [0.15, 0.2) is 30.3 Å². The number of likely N-dealkylation sites (tertiary alicyclic amines) is 1. The molecule has 1 aliphatic rings. The zero-order chi connectivity index (χ0) is 14.0. The standard InChI is InChI=1S/C13H14N2O4/c1-13(17)8-14(9-13)12(16)7-6-10-4-2-3-5-11(10)15(18)19/h2-7,17H,8-9H2,1H3. The molecule has 0 aliphatic carbocycles. The largest absolute Gasteiger partial charge is 0.386 e. The predicted octanol–water partition coefficient (Wildman–Crippen LogP) is 1.20. The fourth-order valence-electron chi connectivity index (χ4n) is 1.99. The Bertz CT molecular complexity index is 543. The lowest BCUT2D eigenvalue weighted by atomic mass is 9.97. The highest BCUT2D eigenvalue weighted by Crippen LogP contribution is 2.22. The van der Waals surface area contributed by atoms with Gasteiger partial charge in [-0.15, -0.1) is 0 Å². The molecule has 1 amide bonds. The van der Waals surface area contributed by atoms with E-state index in [-0.39, 0.29) is 24.7 Å². The quantitative estimate of drug-likeness (QED) is 0.504. The summed E-state index contributed by atoms with van der Waals surface area (Å²) >= 11 is 0. The zero-order valence-electron chi connectivity index (χ0n) is 10.4. The lowest BCUT2D eigenvalue weighted by Crippen LogP contribution is -2.61. The molecule has 0 unspecified atom stereocenters. The van der Waals surface area contributed by atoms with Crippen molar-refractivity contribution in [3.63, 3.8) is 0 Å². The van der Waals surface area contributed by atoms with E-state index in [0.29, 0.717) is 5.56 Å². The van der Waals surface area contributed by atoms with Crippen LogP contribution in [-0.4, -0.2) is 39.5 Å². The van der Waals surface area contributed by atoms with Crippen molar-refractivity contribution in [3.8, 4) is 0 Å². The molecule has 0 aromatic heterocycles. The molecule has 1 heterocycles. The number of amides is 1. The number of nitrogens with zero attached hydrogens (tertiary/aromatic N) is 2. The molecule has 19 heavy (non-hydrogen) atoms. The number of para-hydroxylation sites is 1. The Morgan fingerprint density at radius 3 is 2.68 bits per heavy atom. The van der Waals surface area contributed by atoms with E-state index in [2.05, 4.69) is 0 Å². The van der Waals surface area contributed by atoms with Gasteiger partial charge in [-0.1, -0.05) is 12.1 Å². The van der Waals surface area contributed by atoms with Crippen molar-refractivity contribution in [2.75, 3.05) is 13.1 Å². The van der Waals surface area contributed by atoms with Gasteiger partial charge >= 0.3 is 0 Å². The molecule has 1 aromatic rings. The minimum atomic E-state index is -0.817. The van der Waals surface area contributed by atoms with Crippen molar-refractivity contribution < 1.29 is 14.8 Å². The van der Waals surface area contributed by atoms with Gasteiger partial charge in [-0.2, -0.15) is 0 Å². The Labute approximate surface area is 110 Å². The zero-order valence-corrected chi connectivity index (χ0v) is 10.4. The van der Waals surface area contributed by atoms with E-state index < -0.39 is 10.5 Å².